The summed E-state index contributed by atoms with van der Waals surface area (Å²) in [5, 5.41) is 13.7. The number of likely N-dealkylation sites (tertiary alicyclic amines) is 1. The topological polar surface area (TPSA) is 52.6 Å². The number of hydrogen-bond donors (Lipinski definition) is 2. The van der Waals surface area contributed by atoms with Crippen LogP contribution in [0.1, 0.15) is 18.4 Å². The number of anilines is 1. The fraction of sp³-hybridized carbons (Fsp3) is 0.533. The van der Waals surface area contributed by atoms with E-state index in [4.69, 9.17) is 11.6 Å². The maximum absolute atomic E-state index is 11.9. The van der Waals surface area contributed by atoms with E-state index in [9.17, 15) is 9.90 Å². The Labute approximate surface area is 123 Å². The van der Waals surface area contributed by atoms with Gasteiger partial charge in [-0.25, -0.2) is 0 Å². The molecule has 0 bridgehead atoms. The second-order valence-corrected chi connectivity index (χ2v) is 6.44. The van der Waals surface area contributed by atoms with E-state index in [1.54, 1.807) is 6.07 Å². The van der Waals surface area contributed by atoms with Crippen molar-refractivity contribution in [3.8, 4) is 0 Å². The molecule has 2 fully saturated rings. The van der Waals surface area contributed by atoms with Crippen molar-refractivity contribution in [2.75, 3.05) is 25.0 Å². The van der Waals surface area contributed by atoms with Crippen LogP contribution in [0.25, 0.3) is 0 Å². The van der Waals surface area contributed by atoms with E-state index in [0.717, 1.165) is 18.4 Å². The molecule has 1 amide bonds. The zero-order chi connectivity index (χ0) is 14.3. The highest BCUT2D eigenvalue weighted by Crippen LogP contribution is 2.44. The van der Waals surface area contributed by atoms with E-state index in [1.807, 2.05) is 24.0 Å². The van der Waals surface area contributed by atoms with Gasteiger partial charge in [-0.3, -0.25) is 9.69 Å². The molecule has 0 spiro atoms. The lowest BCUT2D eigenvalue weighted by Gasteiger charge is -2.46. The van der Waals surface area contributed by atoms with Crippen LogP contribution in [0.3, 0.4) is 0 Å². The van der Waals surface area contributed by atoms with Crippen LogP contribution >= 0.6 is 11.6 Å². The standard InChI is InChI=1S/C15H19ClN2O2/c1-10-2-5-12(6-13(10)16)17-14(19)7-18-8-15(20,9-18)11-3-4-11/h2,5-6,11,20H,3-4,7-9H2,1H3,(H,17,19). The van der Waals surface area contributed by atoms with E-state index in [0.29, 0.717) is 36.3 Å². The summed E-state index contributed by atoms with van der Waals surface area (Å²) >= 11 is 6.03. The average molecular weight is 295 g/mol. The lowest BCUT2D eigenvalue weighted by atomic mass is 9.89. The number of amides is 1. The average Bonchev–Trinajstić information content (AvgIpc) is 3.16. The molecular weight excluding hydrogens is 276 g/mol. The lowest BCUT2D eigenvalue weighted by Crippen LogP contribution is -2.64. The van der Waals surface area contributed by atoms with Crippen molar-refractivity contribution < 1.29 is 9.90 Å². The number of hydrogen-bond acceptors (Lipinski definition) is 3. The molecule has 1 aromatic carbocycles. The summed E-state index contributed by atoms with van der Waals surface area (Å²) in [6, 6.07) is 5.48. The highest BCUT2D eigenvalue weighted by molar-refractivity contribution is 6.31. The minimum atomic E-state index is -0.534. The third-order valence-corrected chi connectivity index (χ3v) is 4.56. The molecule has 0 aromatic heterocycles. The smallest absolute Gasteiger partial charge is 0.238 e. The van der Waals surface area contributed by atoms with E-state index in [2.05, 4.69) is 5.32 Å². The van der Waals surface area contributed by atoms with Crippen molar-refractivity contribution in [3.63, 3.8) is 0 Å². The van der Waals surface area contributed by atoms with Crippen LogP contribution in [-0.2, 0) is 4.79 Å². The van der Waals surface area contributed by atoms with Gasteiger partial charge in [0.25, 0.3) is 0 Å². The Balaban J connectivity index is 1.49. The van der Waals surface area contributed by atoms with E-state index in [-0.39, 0.29) is 5.91 Å². The molecule has 20 heavy (non-hydrogen) atoms. The molecule has 1 aliphatic heterocycles. The molecule has 4 nitrogen and oxygen atoms in total. The molecular formula is C15H19ClN2O2. The number of carbonyl (C=O) groups is 1. The molecule has 1 heterocycles. The molecule has 0 atom stereocenters. The van der Waals surface area contributed by atoms with Gasteiger partial charge in [0.05, 0.1) is 12.1 Å². The third kappa shape index (κ3) is 2.82. The van der Waals surface area contributed by atoms with Gasteiger partial charge in [0.1, 0.15) is 0 Å². The molecule has 1 aliphatic carbocycles. The minimum absolute atomic E-state index is 0.0669. The number of halogens is 1. The van der Waals surface area contributed by atoms with Crippen molar-refractivity contribution in [1.29, 1.82) is 0 Å². The molecule has 1 saturated heterocycles. The Morgan fingerprint density at radius 1 is 1.50 bits per heavy atom. The van der Waals surface area contributed by atoms with E-state index in [1.165, 1.54) is 0 Å². The first-order chi connectivity index (χ1) is 9.46. The summed E-state index contributed by atoms with van der Waals surface area (Å²) in [7, 11) is 0. The van der Waals surface area contributed by atoms with Crippen LogP contribution in [0.15, 0.2) is 18.2 Å². The molecule has 5 heteroatoms. The normalized spacial score (nSPS) is 21.4. The maximum atomic E-state index is 11.9. The molecule has 2 aliphatic rings. The molecule has 108 valence electrons. The Kier molecular flexibility index (Phi) is 3.48. The highest BCUT2D eigenvalue weighted by atomic mass is 35.5. The first-order valence-electron chi connectivity index (χ1n) is 6.97. The molecule has 0 unspecified atom stereocenters. The quantitative estimate of drug-likeness (QED) is 0.893. The Hall–Kier alpha value is -1.10. The molecule has 2 N–H and O–H groups in total. The minimum Gasteiger partial charge on any atom is -0.387 e. The first kappa shape index (κ1) is 13.9. The fourth-order valence-electron chi connectivity index (χ4n) is 2.79. The van der Waals surface area contributed by atoms with Crippen LogP contribution in [0, 0.1) is 12.8 Å². The predicted molar refractivity (Wildman–Crippen MR) is 78.9 cm³/mol. The van der Waals surface area contributed by atoms with Crippen LogP contribution in [0.5, 0.6) is 0 Å². The number of aliphatic hydroxyl groups is 1. The third-order valence-electron chi connectivity index (χ3n) is 4.15. The summed E-state index contributed by atoms with van der Waals surface area (Å²) < 4.78 is 0. The summed E-state index contributed by atoms with van der Waals surface area (Å²) in [5.41, 5.74) is 1.17. The van der Waals surface area contributed by atoms with Gasteiger partial charge in [0, 0.05) is 23.8 Å². The van der Waals surface area contributed by atoms with Gasteiger partial charge in [-0.2, -0.15) is 0 Å². The van der Waals surface area contributed by atoms with Crippen LogP contribution in [0.4, 0.5) is 5.69 Å². The number of β-amino-alcohol motifs (C(OH)–C–C–N with tert-alkyl or cyclic N) is 1. The van der Waals surface area contributed by atoms with Crippen molar-refractivity contribution in [1.82, 2.24) is 4.90 Å². The molecule has 1 saturated carbocycles. The van der Waals surface area contributed by atoms with E-state index < -0.39 is 5.60 Å². The van der Waals surface area contributed by atoms with Gasteiger partial charge in [-0.15, -0.1) is 0 Å². The largest absolute Gasteiger partial charge is 0.387 e. The Morgan fingerprint density at radius 2 is 2.20 bits per heavy atom. The van der Waals surface area contributed by atoms with E-state index >= 15 is 0 Å². The maximum Gasteiger partial charge on any atom is 0.238 e. The van der Waals surface area contributed by atoms with Gasteiger partial charge in [-0.05, 0) is 43.4 Å². The molecule has 0 radical (unpaired) electrons. The van der Waals surface area contributed by atoms with Gasteiger partial charge in [-0.1, -0.05) is 17.7 Å². The van der Waals surface area contributed by atoms with Crippen molar-refractivity contribution in [3.05, 3.63) is 28.8 Å². The molecule has 1 aromatic rings. The first-order valence-corrected chi connectivity index (χ1v) is 7.35. The zero-order valence-corrected chi connectivity index (χ0v) is 12.3. The van der Waals surface area contributed by atoms with Crippen molar-refractivity contribution in [2.45, 2.75) is 25.4 Å². The Bertz CT molecular complexity index is 537. The second-order valence-electron chi connectivity index (χ2n) is 6.04. The number of benzene rings is 1. The summed E-state index contributed by atoms with van der Waals surface area (Å²) in [6.45, 7) is 3.47. The van der Waals surface area contributed by atoms with Gasteiger partial charge >= 0.3 is 0 Å². The summed E-state index contributed by atoms with van der Waals surface area (Å²) in [6.07, 6.45) is 2.25. The number of carbonyl (C=O) groups excluding carboxylic acids is 1. The van der Waals surface area contributed by atoms with Gasteiger partial charge in [0.2, 0.25) is 5.91 Å². The summed E-state index contributed by atoms with van der Waals surface area (Å²) in [4.78, 5) is 13.9. The Morgan fingerprint density at radius 3 is 2.80 bits per heavy atom. The lowest BCUT2D eigenvalue weighted by molar-refractivity contribution is -0.132. The molecule has 3 rings (SSSR count). The summed E-state index contributed by atoms with van der Waals surface area (Å²) in [5.74, 6) is 0.389. The number of nitrogens with one attached hydrogen (secondary N) is 1. The highest BCUT2D eigenvalue weighted by Gasteiger charge is 2.51. The number of aryl methyl sites for hydroxylation is 1. The van der Waals surface area contributed by atoms with Gasteiger partial charge in [0.15, 0.2) is 0 Å². The number of nitrogens with zero attached hydrogens (tertiary/aromatic N) is 1. The monoisotopic (exact) mass is 294 g/mol. The second kappa shape index (κ2) is 5.02. The van der Waals surface area contributed by atoms with Crippen molar-refractivity contribution in [2.24, 2.45) is 5.92 Å². The van der Waals surface area contributed by atoms with Crippen molar-refractivity contribution >= 4 is 23.2 Å². The van der Waals surface area contributed by atoms with Crippen LogP contribution in [-0.4, -0.2) is 41.1 Å². The predicted octanol–water partition coefficient (Wildman–Crippen LogP) is 2.04. The fourth-order valence-corrected chi connectivity index (χ4v) is 2.97. The SMILES string of the molecule is Cc1ccc(NC(=O)CN2CC(O)(C3CC3)C2)cc1Cl. The zero-order valence-electron chi connectivity index (χ0n) is 11.5. The number of rotatable bonds is 4. The van der Waals surface area contributed by atoms with Gasteiger partial charge < -0.3 is 10.4 Å². The van der Waals surface area contributed by atoms with Crippen LogP contribution in [0.2, 0.25) is 5.02 Å². The van der Waals surface area contributed by atoms with Crippen LogP contribution < -0.4 is 5.32 Å².